The largest absolute Gasteiger partial charge is 0.481 e. The number of nitrogens with zero attached hydrogens (tertiary/aromatic N) is 5. The normalized spacial score (nSPS) is 10.7. The second-order valence-electron chi connectivity index (χ2n) is 3.45. The molecule has 0 bridgehead atoms. The Bertz CT molecular complexity index is 524. The molecule has 0 aromatic carbocycles. The third-order valence-corrected chi connectivity index (χ3v) is 3.13. The maximum atomic E-state index is 10.5. The molecule has 0 saturated heterocycles. The molecule has 0 fully saturated rings. The van der Waals surface area contributed by atoms with Crippen molar-refractivity contribution in [3.63, 3.8) is 0 Å². The Kier molecular flexibility index (Phi) is 3.92. The topological polar surface area (TPSA) is 107 Å². The summed E-state index contributed by atoms with van der Waals surface area (Å²) in [6.07, 6.45) is 1.90. The number of rotatable bonds is 6. The lowest BCUT2D eigenvalue weighted by molar-refractivity contribution is -0.133. The lowest BCUT2D eigenvalue weighted by atomic mass is 10.4. The SMILES string of the molecule is Cc1nnc(SCC(=O)O)n1CCc1ncno1. The highest BCUT2D eigenvalue weighted by atomic mass is 32.2. The van der Waals surface area contributed by atoms with Gasteiger partial charge in [-0.2, -0.15) is 4.98 Å². The van der Waals surface area contributed by atoms with Gasteiger partial charge in [0.05, 0.1) is 5.75 Å². The standard InChI is InChI=1S/C9H11N5O3S/c1-6-12-13-9(18-4-8(15)16)14(6)3-2-7-10-5-11-17-7/h5H,2-4H2,1H3,(H,15,16). The second-order valence-corrected chi connectivity index (χ2v) is 4.39. The van der Waals surface area contributed by atoms with Crippen LogP contribution in [0.3, 0.4) is 0 Å². The molecule has 0 aliphatic carbocycles. The summed E-state index contributed by atoms with van der Waals surface area (Å²) in [6, 6.07) is 0. The lowest BCUT2D eigenvalue weighted by Crippen LogP contribution is -2.07. The molecule has 0 amide bonds. The molecule has 2 aromatic heterocycles. The summed E-state index contributed by atoms with van der Waals surface area (Å²) in [5.41, 5.74) is 0. The van der Waals surface area contributed by atoms with Crippen molar-refractivity contribution in [1.29, 1.82) is 0 Å². The van der Waals surface area contributed by atoms with Gasteiger partial charge in [-0.1, -0.05) is 16.9 Å². The van der Waals surface area contributed by atoms with Gasteiger partial charge in [-0.25, -0.2) is 0 Å². The van der Waals surface area contributed by atoms with E-state index >= 15 is 0 Å². The minimum atomic E-state index is -0.885. The van der Waals surface area contributed by atoms with Crippen LogP contribution < -0.4 is 0 Å². The van der Waals surface area contributed by atoms with Gasteiger partial charge in [0.25, 0.3) is 0 Å². The van der Waals surface area contributed by atoms with Crippen LogP contribution in [0.25, 0.3) is 0 Å². The van der Waals surface area contributed by atoms with E-state index in [1.165, 1.54) is 6.33 Å². The molecule has 9 heteroatoms. The zero-order valence-electron chi connectivity index (χ0n) is 9.61. The first kappa shape index (κ1) is 12.6. The molecular formula is C9H11N5O3S. The predicted octanol–water partition coefficient (Wildman–Crippen LogP) is 0.389. The second kappa shape index (κ2) is 5.63. The molecule has 8 nitrogen and oxygen atoms in total. The average Bonchev–Trinajstić information content (AvgIpc) is 2.94. The van der Waals surface area contributed by atoms with E-state index in [0.29, 0.717) is 24.0 Å². The summed E-state index contributed by atoms with van der Waals surface area (Å²) in [7, 11) is 0. The maximum absolute atomic E-state index is 10.5. The Morgan fingerprint density at radius 1 is 1.56 bits per heavy atom. The molecule has 0 spiro atoms. The van der Waals surface area contributed by atoms with E-state index in [4.69, 9.17) is 9.63 Å². The smallest absolute Gasteiger partial charge is 0.313 e. The van der Waals surface area contributed by atoms with Crippen LogP contribution in [0.5, 0.6) is 0 Å². The van der Waals surface area contributed by atoms with E-state index in [1.54, 1.807) is 0 Å². The van der Waals surface area contributed by atoms with Gasteiger partial charge in [0.2, 0.25) is 5.89 Å². The molecule has 2 heterocycles. The Morgan fingerprint density at radius 3 is 3.06 bits per heavy atom. The fourth-order valence-electron chi connectivity index (χ4n) is 1.37. The predicted molar refractivity (Wildman–Crippen MR) is 61.1 cm³/mol. The monoisotopic (exact) mass is 269 g/mol. The fraction of sp³-hybridized carbons (Fsp3) is 0.444. The van der Waals surface area contributed by atoms with Crippen LogP contribution in [0.1, 0.15) is 11.7 Å². The van der Waals surface area contributed by atoms with Gasteiger partial charge in [-0.05, 0) is 6.92 Å². The van der Waals surface area contributed by atoms with E-state index in [0.717, 1.165) is 17.6 Å². The van der Waals surface area contributed by atoms with E-state index in [1.807, 2.05) is 11.5 Å². The molecular weight excluding hydrogens is 258 g/mol. The first-order valence-electron chi connectivity index (χ1n) is 5.16. The van der Waals surface area contributed by atoms with Crippen molar-refractivity contribution in [2.45, 2.75) is 25.0 Å². The molecule has 18 heavy (non-hydrogen) atoms. The Morgan fingerprint density at radius 2 is 2.39 bits per heavy atom. The number of aryl methyl sites for hydroxylation is 2. The summed E-state index contributed by atoms with van der Waals surface area (Å²) >= 11 is 1.14. The highest BCUT2D eigenvalue weighted by Gasteiger charge is 2.12. The van der Waals surface area contributed by atoms with Crippen molar-refractivity contribution < 1.29 is 14.4 Å². The minimum Gasteiger partial charge on any atom is -0.481 e. The quantitative estimate of drug-likeness (QED) is 0.750. The molecule has 0 aliphatic rings. The van der Waals surface area contributed by atoms with Crippen molar-refractivity contribution in [2.75, 3.05) is 5.75 Å². The minimum absolute atomic E-state index is 0.0430. The van der Waals surface area contributed by atoms with Crippen molar-refractivity contribution >= 4 is 17.7 Å². The molecule has 2 rings (SSSR count). The maximum Gasteiger partial charge on any atom is 0.313 e. The Hall–Kier alpha value is -1.90. The number of hydrogen-bond donors (Lipinski definition) is 1. The van der Waals surface area contributed by atoms with Gasteiger partial charge in [0, 0.05) is 13.0 Å². The third kappa shape index (κ3) is 3.06. The molecule has 0 radical (unpaired) electrons. The lowest BCUT2D eigenvalue weighted by Gasteiger charge is -2.05. The molecule has 0 saturated carbocycles. The first-order valence-corrected chi connectivity index (χ1v) is 6.15. The molecule has 1 N–H and O–H groups in total. The Balaban J connectivity index is 2.02. The summed E-state index contributed by atoms with van der Waals surface area (Å²) < 4.78 is 6.72. The zero-order chi connectivity index (χ0) is 13.0. The fourth-order valence-corrected chi connectivity index (χ4v) is 2.10. The number of carbonyl (C=O) groups is 1. The van der Waals surface area contributed by atoms with Crippen LogP contribution >= 0.6 is 11.8 Å². The van der Waals surface area contributed by atoms with Crippen molar-refractivity contribution in [3.05, 3.63) is 18.0 Å². The summed E-state index contributed by atoms with van der Waals surface area (Å²) in [6.45, 7) is 2.38. The number of aromatic nitrogens is 5. The molecule has 96 valence electrons. The van der Waals surface area contributed by atoms with Crippen molar-refractivity contribution in [2.24, 2.45) is 0 Å². The highest BCUT2D eigenvalue weighted by molar-refractivity contribution is 7.99. The van der Waals surface area contributed by atoms with E-state index < -0.39 is 5.97 Å². The van der Waals surface area contributed by atoms with Crippen LogP contribution in [-0.4, -0.2) is 41.7 Å². The van der Waals surface area contributed by atoms with Crippen molar-refractivity contribution in [1.82, 2.24) is 24.9 Å². The van der Waals surface area contributed by atoms with E-state index in [2.05, 4.69) is 20.3 Å². The van der Waals surface area contributed by atoms with Crippen LogP contribution in [0.2, 0.25) is 0 Å². The number of hydrogen-bond acceptors (Lipinski definition) is 7. The van der Waals surface area contributed by atoms with Crippen LogP contribution in [-0.2, 0) is 17.8 Å². The Labute approximate surface area is 106 Å². The molecule has 2 aromatic rings. The summed E-state index contributed by atoms with van der Waals surface area (Å²) in [5, 5.41) is 20.6. The average molecular weight is 269 g/mol. The van der Waals surface area contributed by atoms with Gasteiger partial charge in [-0.15, -0.1) is 10.2 Å². The van der Waals surface area contributed by atoms with Crippen molar-refractivity contribution in [3.8, 4) is 0 Å². The van der Waals surface area contributed by atoms with Crippen LogP contribution in [0.15, 0.2) is 16.0 Å². The molecule has 0 unspecified atom stereocenters. The molecule has 0 atom stereocenters. The van der Waals surface area contributed by atoms with Gasteiger partial charge in [0.1, 0.15) is 5.82 Å². The number of thioether (sulfide) groups is 1. The summed E-state index contributed by atoms with van der Waals surface area (Å²) in [4.78, 5) is 14.4. The number of carboxylic acids is 1. The summed E-state index contributed by atoms with van der Waals surface area (Å²) in [5.74, 6) is 0.322. The van der Waals surface area contributed by atoms with Crippen LogP contribution in [0, 0.1) is 6.92 Å². The molecule has 0 aliphatic heterocycles. The number of carboxylic acid groups (broad SMARTS) is 1. The highest BCUT2D eigenvalue weighted by Crippen LogP contribution is 2.16. The van der Waals surface area contributed by atoms with Gasteiger partial charge >= 0.3 is 5.97 Å². The number of aliphatic carboxylic acids is 1. The first-order chi connectivity index (χ1) is 8.66. The van der Waals surface area contributed by atoms with Gasteiger partial charge in [0.15, 0.2) is 11.5 Å². The van der Waals surface area contributed by atoms with E-state index in [-0.39, 0.29) is 5.75 Å². The van der Waals surface area contributed by atoms with Gasteiger partial charge in [-0.3, -0.25) is 4.79 Å². The third-order valence-electron chi connectivity index (χ3n) is 2.18. The van der Waals surface area contributed by atoms with E-state index in [9.17, 15) is 4.79 Å². The van der Waals surface area contributed by atoms with Gasteiger partial charge < -0.3 is 14.2 Å². The van der Waals surface area contributed by atoms with Crippen LogP contribution in [0.4, 0.5) is 0 Å². The zero-order valence-corrected chi connectivity index (χ0v) is 10.4.